The highest BCUT2D eigenvalue weighted by molar-refractivity contribution is 7.91. The molecule has 0 bridgehead atoms. The Hall–Kier alpha value is -2.45. The van der Waals surface area contributed by atoms with Gasteiger partial charge in [0.05, 0.1) is 22.1 Å². The van der Waals surface area contributed by atoms with Crippen LogP contribution in [0.2, 0.25) is 5.02 Å². The van der Waals surface area contributed by atoms with Crippen molar-refractivity contribution in [1.29, 1.82) is 0 Å². The van der Waals surface area contributed by atoms with Crippen LogP contribution < -0.4 is 5.32 Å². The van der Waals surface area contributed by atoms with Crippen molar-refractivity contribution in [3.63, 3.8) is 0 Å². The van der Waals surface area contributed by atoms with E-state index in [1.165, 1.54) is 18.3 Å². The fourth-order valence-corrected chi connectivity index (χ4v) is 5.13. The largest absolute Gasteiger partial charge is 0.340 e. The van der Waals surface area contributed by atoms with Crippen molar-refractivity contribution in [2.24, 2.45) is 0 Å². The second-order valence-electron chi connectivity index (χ2n) is 7.58. The van der Waals surface area contributed by atoms with Crippen LogP contribution in [-0.4, -0.2) is 48.8 Å². The molecule has 2 heterocycles. The molecule has 4 rings (SSSR count). The van der Waals surface area contributed by atoms with Gasteiger partial charge in [0.2, 0.25) is 0 Å². The molecule has 9 heteroatoms. The quantitative estimate of drug-likeness (QED) is 0.765. The summed E-state index contributed by atoms with van der Waals surface area (Å²) < 4.78 is 37.2. The van der Waals surface area contributed by atoms with Crippen molar-refractivity contribution in [1.82, 2.24) is 9.88 Å². The minimum atomic E-state index is -3.08. The van der Waals surface area contributed by atoms with Crippen LogP contribution in [0.4, 0.5) is 15.9 Å². The molecule has 6 nitrogen and oxygen atoms in total. The van der Waals surface area contributed by atoms with Gasteiger partial charge in [-0.2, -0.15) is 0 Å². The number of anilines is 2. The van der Waals surface area contributed by atoms with Gasteiger partial charge in [0.1, 0.15) is 11.6 Å². The predicted molar refractivity (Wildman–Crippen MR) is 116 cm³/mol. The van der Waals surface area contributed by atoms with Gasteiger partial charge in [0.15, 0.2) is 9.84 Å². The maximum absolute atomic E-state index is 13.8. The lowest BCUT2D eigenvalue weighted by Crippen LogP contribution is -2.44. The molecule has 1 aromatic carbocycles. The SMILES string of the molecule is CC1CC=Cc2c(Nc3ccc(Cl)c(F)c3)ncc(C(=O)N3CCS(=O)(=O)CC3)c21. The standard InChI is InChI=1S/C21H21ClFN3O3S/c1-13-3-2-4-15-19(13)16(21(27)26-7-9-30(28,29)10-8-26)12-24-20(15)25-14-5-6-17(22)18(23)11-14/h2,4-6,11-13H,3,7-10H2,1H3,(H,24,25). The van der Waals surface area contributed by atoms with Crippen LogP contribution in [0.25, 0.3) is 6.08 Å². The first-order chi connectivity index (χ1) is 14.2. The Kier molecular flexibility index (Phi) is 5.55. The normalized spacial score (nSPS) is 20.0. The second kappa shape index (κ2) is 8.00. The summed E-state index contributed by atoms with van der Waals surface area (Å²) >= 11 is 5.76. The molecule has 1 atom stereocenters. The monoisotopic (exact) mass is 449 g/mol. The van der Waals surface area contributed by atoms with Crippen LogP contribution >= 0.6 is 11.6 Å². The fourth-order valence-electron chi connectivity index (χ4n) is 3.81. The number of halogens is 2. The van der Waals surface area contributed by atoms with Crippen molar-refractivity contribution >= 4 is 44.9 Å². The van der Waals surface area contributed by atoms with Gasteiger partial charge >= 0.3 is 0 Å². The van der Waals surface area contributed by atoms with Gasteiger partial charge in [-0.15, -0.1) is 0 Å². The highest BCUT2D eigenvalue weighted by Crippen LogP contribution is 2.37. The molecule has 1 amide bonds. The molecule has 1 aliphatic carbocycles. The Labute approximate surface area is 179 Å². The number of amides is 1. The Morgan fingerprint density at radius 2 is 2.03 bits per heavy atom. The van der Waals surface area contributed by atoms with Crippen molar-refractivity contribution in [3.8, 4) is 0 Å². The minimum Gasteiger partial charge on any atom is -0.340 e. The lowest BCUT2D eigenvalue weighted by Gasteiger charge is -2.29. The third-order valence-corrected chi connectivity index (χ3v) is 7.39. The first kappa shape index (κ1) is 20.8. The van der Waals surface area contributed by atoms with Gasteiger partial charge in [0.25, 0.3) is 5.91 Å². The Balaban J connectivity index is 1.69. The Morgan fingerprint density at radius 3 is 2.73 bits per heavy atom. The molecule has 1 aromatic heterocycles. The molecule has 1 fully saturated rings. The van der Waals surface area contributed by atoms with Crippen LogP contribution in [0.5, 0.6) is 0 Å². The molecule has 2 aliphatic rings. The zero-order valence-corrected chi connectivity index (χ0v) is 17.9. The van der Waals surface area contributed by atoms with E-state index in [9.17, 15) is 17.6 Å². The third-order valence-electron chi connectivity index (χ3n) is 5.47. The summed E-state index contributed by atoms with van der Waals surface area (Å²) in [6.07, 6.45) is 6.23. The highest BCUT2D eigenvalue weighted by Gasteiger charge is 2.30. The second-order valence-corrected chi connectivity index (χ2v) is 10.3. The van der Waals surface area contributed by atoms with Gasteiger partial charge in [-0.1, -0.05) is 30.7 Å². The number of hydrogen-bond acceptors (Lipinski definition) is 5. The average molecular weight is 450 g/mol. The topological polar surface area (TPSA) is 79.4 Å². The average Bonchev–Trinajstić information content (AvgIpc) is 2.71. The molecule has 30 heavy (non-hydrogen) atoms. The van der Waals surface area contributed by atoms with Crippen LogP contribution in [0.15, 0.2) is 30.5 Å². The maximum Gasteiger partial charge on any atom is 0.255 e. The number of benzene rings is 1. The summed E-state index contributed by atoms with van der Waals surface area (Å²) in [6.45, 7) is 2.40. The number of rotatable bonds is 3. The fraction of sp³-hybridized carbons (Fsp3) is 0.333. The van der Waals surface area contributed by atoms with E-state index in [1.54, 1.807) is 11.0 Å². The zero-order valence-electron chi connectivity index (χ0n) is 16.4. The van der Waals surface area contributed by atoms with E-state index in [0.29, 0.717) is 17.1 Å². The molecular weight excluding hydrogens is 429 g/mol. The molecule has 2 aromatic rings. The lowest BCUT2D eigenvalue weighted by molar-refractivity contribution is 0.0768. The number of fused-ring (bicyclic) bond motifs is 1. The molecule has 1 saturated heterocycles. The van der Waals surface area contributed by atoms with Crippen LogP contribution in [0.1, 0.15) is 40.7 Å². The van der Waals surface area contributed by atoms with E-state index in [4.69, 9.17) is 11.6 Å². The highest BCUT2D eigenvalue weighted by atomic mass is 35.5. The smallest absolute Gasteiger partial charge is 0.255 e. The summed E-state index contributed by atoms with van der Waals surface area (Å²) in [4.78, 5) is 19.2. The number of hydrogen-bond donors (Lipinski definition) is 1. The molecule has 0 saturated carbocycles. The van der Waals surface area contributed by atoms with E-state index in [0.717, 1.165) is 17.5 Å². The Bertz CT molecular complexity index is 1140. The minimum absolute atomic E-state index is 0.0222. The third kappa shape index (κ3) is 4.06. The van der Waals surface area contributed by atoms with Gasteiger partial charge in [-0.05, 0) is 36.1 Å². The number of aromatic nitrogens is 1. The number of carbonyl (C=O) groups is 1. The summed E-state index contributed by atoms with van der Waals surface area (Å²) in [5.41, 5.74) is 2.62. The molecule has 0 spiro atoms. The number of carbonyl (C=O) groups excluding carboxylic acids is 1. The predicted octanol–water partition coefficient (Wildman–Crippen LogP) is 4.01. The van der Waals surface area contributed by atoms with Crippen LogP contribution in [0.3, 0.4) is 0 Å². The van der Waals surface area contributed by atoms with Crippen molar-refractivity contribution in [3.05, 3.63) is 58.0 Å². The number of nitrogens with one attached hydrogen (secondary N) is 1. The van der Waals surface area contributed by atoms with E-state index in [1.807, 2.05) is 19.1 Å². The number of sulfone groups is 1. The van der Waals surface area contributed by atoms with E-state index in [-0.39, 0.29) is 41.4 Å². The van der Waals surface area contributed by atoms with E-state index >= 15 is 0 Å². The first-order valence-electron chi connectivity index (χ1n) is 9.66. The molecule has 1 aliphatic heterocycles. The Morgan fingerprint density at radius 1 is 1.30 bits per heavy atom. The number of pyridine rings is 1. The van der Waals surface area contributed by atoms with Gasteiger partial charge < -0.3 is 10.2 Å². The van der Waals surface area contributed by atoms with Crippen molar-refractivity contribution < 1.29 is 17.6 Å². The van der Waals surface area contributed by atoms with Crippen molar-refractivity contribution in [2.45, 2.75) is 19.3 Å². The zero-order chi connectivity index (χ0) is 21.5. The molecule has 1 unspecified atom stereocenters. The number of allylic oxidation sites excluding steroid dienone is 1. The lowest BCUT2D eigenvalue weighted by atomic mass is 9.85. The number of nitrogens with zero attached hydrogens (tertiary/aromatic N) is 2. The first-order valence-corrected chi connectivity index (χ1v) is 11.9. The molecular formula is C21H21ClFN3O3S. The molecule has 158 valence electrons. The summed E-state index contributed by atoms with van der Waals surface area (Å²) in [5.74, 6) is -0.182. The van der Waals surface area contributed by atoms with Crippen LogP contribution in [-0.2, 0) is 9.84 Å². The summed E-state index contributed by atoms with van der Waals surface area (Å²) in [6, 6.07) is 4.41. The van der Waals surface area contributed by atoms with Gasteiger partial charge in [-0.3, -0.25) is 4.79 Å². The van der Waals surface area contributed by atoms with Crippen molar-refractivity contribution in [2.75, 3.05) is 29.9 Å². The van der Waals surface area contributed by atoms with Crippen LogP contribution in [0, 0.1) is 5.82 Å². The van der Waals surface area contributed by atoms with E-state index < -0.39 is 15.7 Å². The summed E-state index contributed by atoms with van der Waals surface area (Å²) in [7, 11) is -3.08. The van der Waals surface area contributed by atoms with Gasteiger partial charge in [-0.25, -0.2) is 17.8 Å². The maximum atomic E-state index is 13.8. The summed E-state index contributed by atoms with van der Waals surface area (Å²) in [5, 5.41) is 3.15. The van der Waals surface area contributed by atoms with Gasteiger partial charge in [0, 0.05) is 30.5 Å². The molecule has 1 N–H and O–H groups in total. The van der Waals surface area contributed by atoms with E-state index in [2.05, 4.69) is 10.3 Å². The molecule has 0 radical (unpaired) electrons.